The van der Waals surface area contributed by atoms with Gasteiger partial charge in [0.1, 0.15) is 5.75 Å². The van der Waals surface area contributed by atoms with Gasteiger partial charge in [-0.2, -0.15) is 0 Å². The van der Waals surface area contributed by atoms with Crippen LogP contribution in [0.1, 0.15) is 18.9 Å². The Labute approximate surface area is 107 Å². The van der Waals surface area contributed by atoms with Gasteiger partial charge in [0.15, 0.2) is 0 Å². The van der Waals surface area contributed by atoms with Crippen LogP contribution in [-0.2, 0) is 16.0 Å². The van der Waals surface area contributed by atoms with E-state index in [0.29, 0.717) is 19.8 Å². The van der Waals surface area contributed by atoms with Gasteiger partial charge in [-0.1, -0.05) is 19.1 Å². The van der Waals surface area contributed by atoms with Crippen molar-refractivity contribution in [1.29, 1.82) is 0 Å². The molecule has 0 saturated carbocycles. The smallest absolute Gasteiger partial charge is 0.230 e. The van der Waals surface area contributed by atoms with Gasteiger partial charge in [-0.15, -0.1) is 0 Å². The van der Waals surface area contributed by atoms with Crippen molar-refractivity contribution >= 4 is 5.91 Å². The van der Waals surface area contributed by atoms with Gasteiger partial charge in [0.25, 0.3) is 0 Å². The van der Waals surface area contributed by atoms with Crippen LogP contribution in [0, 0.1) is 5.41 Å². The molecule has 1 saturated heterocycles. The summed E-state index contributed by atoms with van der Waals surface area (Å²) in [5.41, 5.74) is 0.804. The number of carbonyl (C=O) groups excluding carboxylic acids is 1. The summed E-state index contributed by atoms with van der Waals surface area (Å²) >= 11 is 0. The molecule has 2 rings (SSSR count). The van der Waals surface area contributed by atoms with E-state index in [4.69, 9.17) is 9.84 Å². The Balaban J connectivity index is 1.78. The number of rotatable bonds is 5. The summed E-state index contributed by atoms with van der Waals surface area (Å²) in [6, 6.07) is 7.04. The summed E-state index contributed by atoms with van der Waals surface area (Å²) in [6.45, 7) is 3.70. The van der Waals surface area contributed by atoms with Crippen molar-refractivity contribution in [2.45, 2.75) is 19.8 Å². The van der Waals surface area contributed by atoms with Crippen LogP contribution in [0.15, 0.2) is 24.3 Å². The summed E-state index contributed by atoms with van der Waals surface area (Å²) in [4.78, 5) is 12.0. The monoisotopic (exact) mass is 249 g/mol. The molecule has 0 bridgehead atoms. The minimum absolute atomic E-state index is 0.0926. The number of hydrogen-bond acceptors (Lipinski definition) is 3. The molecule has 1 aromatic rings. The van der Waals surface area contributed by atoms with Crippen molar-refractivity contribution in [2.24, 2.45) is 5.41 Å². The van der Waals surface area contributed by atoms with Gasteiger partial charge in [-0.25, -0.2) is 0 Å². The lowest BCUT2D eigenvalue weighted by Crippen LogP contribution is -2.53. The number of benzene rings is 1. The van der Waals surface area contributed by atoms with E-state index in [1.807, 2.05) is 19.1 Å². The molecule has 1 fully saturated rings. The third-order valence-electron chi connectivity index (χ3n) is 3.55. The van der Waals surface area contributed by atoms with Crippen LogP contribution in [0.2, 0.25) is 0 Å². The summed E-state index contributed by atoms with van der Waals surface area (Å²) < 4.78 is 5.14. The normalized spacial score (nSPS) is 16.9. The van der Waals surface area contributed by atoms with Gasteiger partial charge in [0.2, 0.25) is 5.91 Å². The molecule has 98 valence electrons. The molecule has 0 aliphatic carbocycles. The zero-order chi connectivity index (χ0) is 13.0. The predicted molar refractivity (Wildman–Crippen MR) is 68.4 cm³/mol. The van der Waals surface area contributed by atoms with Crippen LogP contribution in [0.3, 0.4) is 0 Å². The first-order valence-electron chi connectivity index (χ1n) is 6.30. The molecule has 0 unspecified atom stereocenters. The second-order valence-electron chi connectivity index (χ2n) is 4.80. The van der Waals surface area contributed by atoms with Crippen LogP contribution in [0.4, 0.5) is 0 Å². The second kappa shape index (κ2) is 5.40. The number of phenolic OH excluding ortho intramolecular Hbond substituents is 1. The average molecular weight is 249 g/mol. The van der Waals surface area contributed by atoms with E-state index in [0.717, 1.165) is 18.4 Å². The first kappa shape index (κ1) is 12.9. The van der Waals surface area contributed by atoms with E-state index in [-0.39, 0.29) is 17.1 Å². The van der Waals surface area contributed by atoms with Crippen molar-refractivity contribution in [2.75, 3.05) is 19.8 Å². The summed E-state index contributed by atoms with van der Waals surface area (Å²) in [5.74, 6) is 0.356. The highest BCUT2D eigenvalue weighted by molar-refractivity contribution is 5.83. The largest absolute Gasteiger partial charge is 0.508 e. The van der Waals surface area contributed by atoms with Crippen molar-refractivity contribution in [3.63, 3.8) is 0 Å². The van der Waals surface area contributed by atoms with E-state index in [1.54, 1.807) is 12.1 Å². The van der Waals surface area contributed by atoms with Crippen molar-refractivity contribution in [1.82, 2.24) is 5.32 Å². The lowest BCUT2D eigenvalue weighted by atomic mass is 9.82. The van der Waals surface area contributed by atoms with Gasteiger partial charge in [0, 0.05) is 6.54 Å². The highest BCUT2D eigenvalue weighted by atomic mass is 16.5. The predicted octanol–water partition coefficient (Wildman–Crippen LogP) is 1.48. The minimum Gasteiger partial charge on any atom is -0.508 e. The quantitative estimate of drug-likeness (QED) is 0.831. The molecule has 4 nitrogen and oxygen atoms in total. The highest BCUT2D eigenvalue weighted by Crippen LogP contribution is 2.31. The molecular weight excluding hydrogens is 230 g/mol. The van der Waals surface area contributed by atoms with Crippen LogP contribution in [0.5, 0.6) is 5.75 Å². The van der Waals surface area contributed by atoms with Gasteiger partial charge in [-0.3, -0.25) is 4.79 Å². The maximum Gasteiger partial charge on any atom is 0.230 e. The maximum absolute atomic E-state index is 12.0. The number of nitrogens with one attached hydrogen (secondary N) is 1. The third-order valence-corrected chi connectivity index (χ3v) is 3.55. The number of carbonyl (C=O) groups is 1. The van der Waals surface area contributed by atoms with Crippen LogP contribution in [-0.4, -0.2) is 30.8 Å². The number of phenols is 1. The average Bonchev–Trinajstić information content (AvgIpc) is 2.31. The molecule has 18 heavy (non-hydrogen) atoms. The molecule has 0 atom stereocenters. The number of amides is 1. The number of aromatic hydroxyl groups is 1. The minimum atomic E-state index is -0.297. The molecule has 1 aliphatic rings. The molecular formula is C14H19NO3. The molecule has 1 amide bonds. The second-order valence-corrected chi connectivity index (χ2v) is 4.80. The zero-order valence-corrected chi connectivity index (χ0v) is 10.6. The SMILES string of the molecule is CCC1(C(=O)NCCc2ccc(O)cc2)COC1. The molecule has 4 heteroatoms. The molecule has 1 aromatic carbocycles. The van der Waals surface area contributed by atoms with E-state index in [9.17, 15) is 4.79 Å². The standard InChI is InChI=1S/C14H19NO3/c1-2-14(9-18-10-14)13(17)15-8-7-11-3-5-12(16)6-4-11/h3-6,16H,2,7-10H2,1H3,(H,15,17). The first-order valence-corrected chi connectivity index (χ1v) is 6.30. The van der Waals surface area contributed by atoms with Crippen LogP contribution in [0.25, 0.3) is 0 Å². The van der Waals surface area contributed by atoms with Gasteiger partial charge < -0.3 is 15.2 Å². The summed E-state index contributed by atoms with van der Waals surface area (Å²) in [6.07, 6.45) is 1.59. The Kier molecular flexibility index (Phi) is 3.87. The van der Waals surface area contributed by atoms with Crippen molar-refractivity contribution in [3.8, 4) is 5.75 Å². The lowest BCUT2D eigenvalue weighted by molar-refractivity contribution is -0.162. The van der Waals surface area contributed by atoms with E-state index >= 15 is 0 Å². The van der Waals surface area contributed by atoms with E-state index < -0.39 is 0 Å². The van der Waals surface area contributed by atoms with Crippen molar-refractivity contribution in [3.05, 3.63) is 29.8 Å². The first-order chi connectivity index (χ1) is 8.66. The summed E-state index contributed by atoms with van der Waals surface area (Å²) in [7, 11) is 0. The Morgan fingerprint density at radius 3 is 2.56 bits per heavy atom. The van der Waals surface area contributed by atoms with E-state index in [2.05, 4.69) is 5.32 Å². The molecule has 1 heterocycles. The Morgan fingerprint density at radius 2 is 2.06 bits per heavy atom. The Bertz CT molecular complexity index is 404. The lowest BCUT2D eigenvalue weighted by Gasteiger charge is -2.39. The number of hydrogen-bond donors (Lipinski definition) is 2. The third kappa shape index (κ3) is 2.64. The molecule has 0 aromatic heterocycles. The van der Waals surface area contributed by atoms with E-state index in [1.165, 1.54) is 0 Å². The van der Waals surface area contributed by atoms with Crippen molar-refractivity contribution < 1.29 is 14.6 Å². The highest BCUT2D eigenvalue weighted by Gasteiger charge is 2.43. The van der Waals surface area contributed by atoms with Gasteiger partial charge in [-0.05, 0) is 30.5 Å². The summed E-state index contributed by atoms with van der Waals surface area (Å²) in [5, 5.41) is 12.1. The molecule has 0 spiro atoms. The Morgan fingerprint density at radius 1 is 1.39 bits per heavy atom. The number of ether oxygens (including phenoxy) is 1. The molecule has 0 radical (unpaired) electrons. The van der Waals surface area contributed by atoms with Crippen LogP contribution >= 0.6 is 0 Å². The molecule has 1 aliphatic heterocycles. The van der Waals surface area contributed by atoms with Gasteiger partial charge >= 0.3 is 0 Å². The zero-order valence-electron chi connectivity index (χ0n) is 10.6. The Hall–Kier alpha value is -1.55. The van der Waals surface area contributed by atoms with Crippen LogP contribution < -0.4 is 5.32 Å². The fraction of sp³-hybridized carbons (Fsp3) is 0.500. The fourth-order valence-electron chi connectivity index (χ4n) is 2.01. The van der Waals surface area contributed by atoms with Gasteiger partial charge in [0.05, 0.1) is 18.6 Å². The topological polar surface area (TPSA) is 58.6 Å². The maximum atomic E-state index is 12.0. The molecule has 2 N–H and O–H groups in total. The fourth-order valence-corrected chi connectivity index (χ4v) is 2.01.